The first-order valence-electron chi connectivity index (χ1n) is 8.84. The Morgan fingerprint density at radius 3 is 2.68 bits per heavy atom. The second-order valence-corrected chi connectivity index (χ2v) is 8.32. The molecule has 1 N–H and O–H groups in total. The van der Waals surface area contributed by atoms with E-state index >= 15 is 0 Å². The Bertz CT molecular complexity index is 620. The Morgan fingerprint density at radius 2 is 2.04 bits per heavy atom. The largest absolute Gasteiger partial charge is 0.336 e. The fraction of sp³-hybridized carbons (Fsp3) is 0.579. The van der Waals surface area contributed by atoms with E-state index in [-0.39, 0.29) is 28.6 Å². The van der Waals surface area contributed by atoms with Crippen LogP contribution in [0.4, 0.5) is 4.79 Å². The van der Waals surface area contributed by atoms with Crippen LogP contribution in [0.5, 0.6) is 0 Å². The number of hydrogen-bond donors (Lipinski definition) is 1. The van der Waals surface area contributed by atoms with Crippen molar-refractivity contribution >= 4 is 23.7 Å². The molecule has 0 aromatic heterocycles. The van der Waals surface area contributed by atoms with Crippen molar-refractivity contribution < 1.29 is 9.59 Å². The molecule has 0 bridgehead atoms. The molecule has 6 heteroatoms. The summed E-state index contributed by atoms with van der Waals surface area (Å²) in [5.74, 6) is 0.188. The Morgan fingerprint density at radius 1 is 1.36 bits per heavy atom. The van der Waals surface area contributed by atoms with E-state index in [1.807, 2.05) is 37.8 Å². The van der Waals surface area contributed by atoms with Crippen LogP contribution in [0.25, 0.3) is 0 Å². The monoisotopic (exact) mass is 363 g/mol. The Kier molecular flexibility index (Phi) is 6.76. The molecule has 3 amide bonds. The lowest BCUT2D eigenvalue weighted by Gasteiger charge is -2.26. The molecule has 25 heavy (non-hydrogen) atoms. The number of carbonyl (C=O) groups excluding carboxylic acids is 2. The van der Waals surface area contributed by atoms with Crippen molar-refractivity contribution in [3.8, 4) is 0 Å². The molecule has 0 saturated carbocycles. The molecule has 0 radical (unpaired) electrons. The molecule has 138 valence electrons. The first-order valence-corrected chi connectivity index (χ1v) is 9.78. The van der Waals surface area contributed by atoms with E-state index < -0.39 is 0 Å². The van der Waals surface area contributed by atoms with Crippen LogP contribution < -0.4 is 5.32 Å². The molecule has 2 rings (SSSR count). The highest BCUT2D eigenvalue weighted by Gasteiger charge is 2.38. The van der Waals surface area contributed by atoms with Gasteiger partial charge in [-0.3, -0.25) is 4.79 Å². The smallest absolute Gasteiger partial charge is 0.317 e. The van der Waals surface area contributed by atoms with Crippen LogP contribution in [0.2, 0.25) is 0 Å². The van der Waals surface area contributed by atoms with Gasteiger partial charge in [0.1, 0.15) is 5.37 Å². The predicted octanol–water partition coefficient (Wildman–Crippen LogP) is 3.40. The number of hydrogen-bond acceptors (Lipinski definition) is 3. The molecule has 1 aromatic carbocycles. The minimum Gasteiger partial charge on any atom is -0.336 e. The summed E-state index contributed by atoms with van der Waals surface area (Å²) >= 11 is 1.71. The van der Waals surface area contributed by atoms with Crippen LogP contribution in [0.15, 0.2) is 24.3 Å². The maximum atomic E-state index is 12.6. The Labute approximate surface area is 155 Å². The van der Waals surface area contributed by atoms with Crippen molar-refractivity contribution in [1.29, 1.82) is 0 Å². The van der Waals surface area contributed by atoms with E-state index in [4.69, 9.17) is 0 Å². The summed E-state index contributed by atoms with van der Waals surface area (Å²) in [5, 5.41) is 2.93. The average molecular weight is 364 g/mol. The summed E-state index contributed by atoms with van der Waals surface area (Å²) in [6, 6.07) is 8.30. The van der Waals surface area contributed by atoms with Gasteiger partial charge in [-0.1, -0.05) is 24.3 Å². The number of nitrogens with one attached hydrogen (secondary N) is 1. The maximum Gasteiger partial charge on any atom is 0.317 e. The third-order valence-electron chi connectivity index (χ3n) is 4.35. The zero-order chi connectivity index (χ0) is 18.6. The quantitative estimate of drug-likeness (QED) is 0.843. The number of nitrogens with zero attached hydrogens (tertiary/aromatic N) is 2. The fourth-order valence-corrected chi connectivity index (χ4v) is 4.35. The minimum atomic E-state index is -0.0686. The maximum absolute atomic E-state index is 12.6. The molecule has 1 fully saturated rings. The summed E-state index contributed by atoms with van der Waals surface area (Å²) in [6.07, 6.45) is 0.767. The number of aryl methyl sites for hydroxylation is 1. The van der Waals surface area contributed by atoms with E-state index in [1.165, 1.54) is 11.1 Å². The van der Waals surface area contributed by atoms with Crippen molar-refractivity contribution in [3.63, 3.8) is 0 Å². The summed E-state index contributed by atoms with van der Waals surface area (Å²) < 4.78 is 0. The lowest BCUT2D eigenvalue weighted by atomic mass is 10.1. The topological polar surface area (TPSA) is 52.7 Å². The average Bonchev–Trinajstić information content (AvgIpc) is 2.82. The highest BCUT2D eigenvalue weighted by molar-refractivity contribution is 8.01. The molecule has 2 atom stereocenters. The van der Waals surface area contributed by atoms with E-state index in [9.17, 15) is 9.59 Å². The number of urea groups is 1. The first kappa shape index (κ1) is 19.6. The molecule has 0 spiro atoms. The van der Waals surface area contributed by atoms with Gasteiger partial charge in [-0.15, -0.1) is 11.8 Å². The number of benzene rings is 1. The first-order chi connectivity index (χ1) is 11.8. The van der Waals surface area contributed by atoms with Gasteiger partial charge in [0, 0.05) is 26.2 Å². The van der Waals surface area contributed by atoms with Crippen LogP contribution in [0, 0.1) is 6.92 Å². The highest BCUT2D eigenvalue weighted by Crippen LogP contribution is 2.43. The molecule has 5 nitrogen and oxygen atoms in total. The van der Waals surface area contributed by atoms with Crippen LogP contribution in [-0.2, 0) is 4.79 Å². The van der Waals surface area contributed by atoms with E-state index in [2.05, 4.69) is 24.4 Å². The van der Waals surface area contributed by atoms with Crippen molar-refractivity contribution in [1.82, 2.24) is 15.1 Å². The molecule has 1 aliphatic heterocycles. The molecule has 1 aromatic rings. The molecular formula is C19H29N3O2S. The SMILES string of the molecule is Cc1ccccc1[C@@H]1S[C@H](C)C(=O)N1CCCN(C)C(=O)NC(C)C. The zero-order valence-electron chi connectivity index (χ0n) is 15.8. The Balaban J connectivity index is 1.98. The number of thioether (sulfide) groups is 1. The standard InChI is InChI=1S/C19H29N3O2S/c1-13(2)20-19(24)21(5)11-8-12-22-17(23)15(4)25-18(22)16-10-7-6-9-14(16)3/h6-7,9-10,13,15,18H,8,11-12H2,1-5H3,(H,20,24)/t15-,18+/m1/s1. The van der Waals surface area contributed by atoms with Gasteiger partial charge in [-0.2, -0.15) is 0 Å². The van der Waals surface area contributed by atoms with Crippen LogP contribution in [-0.4, -0.2) is 53.2 Å². The van der Waals surface area contributed by atoms with Gasteiger partial charge in [-0.25, -0.2) is 4.79 Å². The Hall–Kier alpha value is -1.69. The lowest BCUT2D eigenvalue weighted by molar-refractivity contribution is -0.129. The van der Waals surface area contributed by atoms with Crippen molar-refractivity contribution in [2.45, 2.75) is 50.8 Å². The van der Waals surface area contributed by atoms with E-state index in [1.54, 1.807) is 23.7 Å². The number of amides is 3. The summed E-state index contributed by atoms with van der Waals surface area (Å²) in [5.41, 5.74) is 2.41. The van der Waals surface area contributed by atoms with Gasteiger partial charge >= 0.3 is 6.03 Å². The van der Waals surface area contributed by atoms with Gasteiger partial charge in [-0.05, 0) is 45.2 Å². The molecule has 1 heterocycles. The third kappa shape index (κ3) is 4.91. The van der Waals surface area contributed by atoms with Crippen LogP contribution >= 0.6 is 11.8 Å². The normalized spacial score (nSPS) is 20.2. The summed E-state index contributed by atoms with van der Waals surface area (Å²) in [7, 11) is 1.79. The molecule has 1 aliphatic rings. The molecule has 0 aliphatic carbocycles. The molecular weight excluding hydrogens is 334 g/mol. The van der Waals surface area contributed by atoms with Crippen LogP contribution in [0.1, 0.15) is 43.7 Å². The van der Waals surface area contributed by atoms with Crippen LogP contribution in [0.3, 0.4) is 0 Å². The minimum absolute atomic E-state index is 0.0217. The lowest BCUT2D eigenvalue weighted by Crippen LogP contribution is -2.42. The molecule has 1 saturated heterocycles. The van der Waals surface area contributed by atoms with Gasteiger partial charge in [0.2, 0.25) is 5.91 Å². The van der Waals surface area contributed by atoms with Gasteiger partial charge < -0.3 is 15.1 Å². The van der Waals surface area contributed by atoms with E-state index in [0.29, 0.717) is 13.1 Å². The highest BCUT2D eigenvalue weighted by atomic mass is 32.2. The third-order valence-corrected chi connectivity index (χ3v) is 5.73. The zero-order valence-corrected chi connectivity index (χ0v) is 16.6. The van der Waals surface area contributed by atoms with Gasteiger partial charge in [0.15, 0.2) is 0 Å². The second kappa shape index (κ2) is 8.61. The van der Waals surface area contributed by atoms with Gasteiger partial charge in [0.25, 0.3) is 0 Å². The van der Waals surface area contributed by atoms with Crippen molar-refractivity contribution in [3.05, 3.63) is 35.4 Å². The fourth-order valence-electron chi connectivity index (χ4n) is 2.94. The number of rotatable bonds is 6. The molecule has 0 unspecified atom stereocenters. The predicted molar refractivity (Wildman–Crippen MR) is 104 cm³/mol. The van der Waals surface area contributed by atoms with Crippen molar-refractivity contribution in [2.24, 2.45) is 0 Å². The number of carbonyl (C=O) groups is 2. The summed E-state index contributed by atoms with van der Waals surface area (Å²) in [6.45, 7) is 9.24. The van der Waals surface area contributed by atoms with Crippen molar-refractivity contribution in [2.75, 3.05) is 20.1 Å². The second-order valence-electron chi connectivity index (χ2n) is 6.90. The summed E-state index contributed by atoms with van der Waals surface area (Å²) in [4.78, 5) is 28.2. The van der Waals surface area contributed by atoms with Gasteiger partial charge in [0.05, 0.1) is 5.25 Å². The van der Waals surface area contributed by atoms with E-state index in [0.717, 1.165) is 6.42 Å².